The van der Waals surface area contributed by atoms with E-state index in [1.165, 1.54) is 0 Å². The molecule has 3 heteroatoms. The highest BCUT2D eigenvalue weighted by atomic mass is 35.5. The SMILES string of the molecule is CC(=CCCCl)c1cccnc1N. The molecule has 0 saturated heterocycles. The van der Waals surface area contributed by atoms with Crippen LogP contribution in [0.1, 0.15) is 18.9 Å². The Kier molecular flexibility index (Phi) is 3.77. The van der Waals surface area contributed by atoms with Crippen LogP contribution in [-0.4, -0.2) is 10.9 Å². The largest absolute Gasteiger partial charge is 0.383 e. The molecule has 1 heterocycles. The van der Waals surface area contributed by atoms with E-state index in [0.29, 0.717) is 11.7 Å². The normalized spacial score (nSPS) is 11.7. The second-order valence-electron chi connectivity index (χ2n) is 2.80. The van der Waals surface area contributed by atoms with Crippen LogP contribution in [0, 0.1) is 0 Å². The van der Waals surface area contributed by atoms with Gasteiger partial charge in [-0.05, 0) is 31.1 Å². The fourth-order valence-corrected chi connectivity index (χ4v) is 1.24. The van der Waals surface area contributed by atoms with E-state index < -0.39 is 0 Å². The molecular weight excluding hydrogens is 184 g/mol. The van der Waals surface area contributed by atoms with Crippen LogP contribution in [0.15, 0.2) is 24.4 Å². The Labute approximate surface area is 83.4 Å². The lowest BCUT2D eigenvalue weighted by Crippen LogP contribution is -1.94. The fraction of sp³-hybridized carbons (Fsp3) is 0.300. The molecular formula is C10H13ClN2. The van der Waals surface area contributed by atoms with Crippen molar-refractivity contribution in [1.29, 1.82) is 0 Å². The summed E-state index contributed by atoms with van der Waals surface area (Å²) >= 11 is 5.58. The van der Waals surface area contributed by atoms with Crippen molar-refractivity contribution in [3.05, 3.63) is 30.0 Å². The van der Waals surface area contributed by atoms with E-state index in [9.17, 15) is 0 Å². The van der Waals surface area contributed by atoms with Gasteiger partial charge in [0.25, 0.3) is 0 Å². The van der Waals surface area contributed by atoms with Gasteiger partial charge in [-0.2, -0.15) is 0 Å². The van der Waals surface area contributed by atoms with Gasteiger partial charge in [-0.15, -0.1) is 11.6 Å². The summed E-state index contributed by atoms with van der Waals surface area (Å²) < 4.78 is 0. The maximum absolute atomic E-state index is 5.71. The molecule has 0 aliphatic rings. The highest BCUT2D eigenvalue weighted by Gasteiger charge is 1.99. The summed E-state index contributed by atoms with van der Waals surface area (Å²) in [5, 5.41) is 0. The summed E-state index contributed by atoms with van der Waals surface area (Å²) in [6.45, 7) is 2.01. The lowest BCUT2D eigenvalue weighted by Gasteiger charge is -2.03. The smallest absolute Gasteiger partial charge is 0.130 e. The molecule has 0 bridgehead atoms. The van der Waals surface area contributed by atoms with E-state index in [1.807, 2.05) is 19.1 Å². The van der Waals surface area contributed by atoms with Crippen molar-refractivity contribution >= 4 is 23.0 Å². The van der Waals surface area contributed by atoms with Gasteiger partial charge in [-0.3, -0.25) is 0 Å². The summed E-state index contributed by atoms with van der Waals surface area (Å²) in [5.74, 6) is 1.21. The summed E-state index contributed by atoms with van der Waals surface area (Å²) in [4.78, 5) is 4.01. The van der Waals surface area contributed by atoms with Gasteiger partial charge in [0.15, 0.2) is 0 Å². The lowest BCUT2D eigenvalue weighted by molar-refractivity contribution is 1.23. The summed E-state index contributed by atoms with van der Waals surface area (Å²) in [5.41, 5.74) is 7.83. The Morgan fingerprint density at radius 1 is 1.69 bits per heavy atom. The average molecular weight is 197 g/mol. The molecule has 0 aliphatic heterocycles. The van der Waals surface area contributed by atoms with Crippen LogP contribution in [0.2, 0.25) is 0 Å². The van der Waals surface area contributed by atoms with Gasteiger partial charge in [0.05, 0.1) is 0 Å². The van der Waals surface area contributed by atoms with Crippen LogP contribution in [0.5, 0.6) is 0 Å². The van der Waals surface area contributed by atoms with Crippen molar-refractivity contribution in [1.82, 2.24) is 4.98 Å². The van der Waals surface area contributed by atoms with Crippen LogP contribution < -0.4 is 5.73 Å². The molecule has 1 aromatic heterocycles. The average Bonchev–Trinajstić information content (AvgIpc) is 2.15. The molecule has 1 rings (SSSR count). The quantitative estimate of drug-likeness (QED) is 0.755. The Morgan fingerprint density at radius 3 is 3.08 bits per heavy atom. The van der Waals surface area contributed by atoms with Crippen LogP contribution >= 0.6 is 11.6 Å². The summed E-state index contributed by atoms with van der Waals surface area (Å²) in [7, 11) is 0. The molecule has 0 aromatic carbocycles. The van der Waals surface area contributed by atoms with E-state index in [-0.39, 0.29) is 0 Å². The molecule has 2 nitrogen and oxygen atoms in total. The standard InChI is InChI=1S/C10H13ClN2/c1-8(4-2-6-11)9-5-3-7-13-10(9)12/h3-5,7H,2,6H2,1H3,(H2,12,13). The first-order valence-electron chi connectivity index (χ1n) is 4.19. The Morgan fingerprint density at radius 2 is 2.46 bits per heavy atom. The minimum Gasteiger partial charge on any atom is -0.383 e. The van der Waals surface area contributed by atoms with Crippen molar-refractivity contribution in [2.45, 2.75) is 13.3 Å². The molecule has 1 aromatic rings. The number of nitrogen functional groups attached to an aromatic ring is 1. The van der Waals surface area contributed by atoms with Crippen LogP contribution in [-0.2, 0) is 0 Å². The van der Waals surface area contributed by atoms with Gasteiger partial charge in [0, 0.05) is 17.6 Å². The minimum atomic E-state index is 0.575. The van der Waals surface area contributed by atoms with Crippen LogP contribution in [0.25, 0.3) is 5.57 Å². The minimum absolute atomic E-state index is 0.575. The third kappa shape index (κ3) is 2.74. The van der Waals surface area contributed by atoms with Crippen molar-refractivity contribution in [3.8, 4) is 0 Å². The van der Waals surface area contributed by atoms with Gasteiger partial charge < -0.3 is 5.73 Å². The summed E-state index contributed by atoms with van der Waals surface area (Å²) in [6.07, 6.45) is 4.62. The molecule has 70 valence electrons. The number of pyridine rings is 1. The number of allylic oxidation sites excluding steroid dienone is 2. The van der Waals surface area contributed by atoms with Gasteiger partial charge in [-0.1, -0.05) is 6.08 Å². The lowest BCUT2D eigenvalue weighted by atomic mass is 10.1. The third-order valence-corrected chi connectivity index (χ3v) is 2.04. The Hall–Kier alpha value is -1.02. The molecule has 0 fully saturated rings. The topological polar surface area (TPSA) is 38.9 Å². The number of hydrogen-bond acceptors (Lipinski definition) is 2. The van der Waals surface area contributed by atoms with Gasteiger partial charge >= 0.3 is 0 Å². The predicted molar refractivity (Wildman–Crippen MR) is 57.6 cm³/mol. The number of nitrogens with zero attached hydrogens (tertiary/aromatic N) is 1. The highest BCUT2D eigenvalue weighted by molar-refractivity contribution is 6.17. The van der Waals surface area contributed by atoms with Crippen molar-refractivity contribution in [2.24, 2.45) is 0 Å². The number of halogens is 1. The van der Waals surface area contributed by atoms with Crippen molar-refractivity contribution < 1.29 is 0 Å². The number of alkyl halides is 1. The van der Waals surface area contributed by atoms with E-state index in [0.717, 1.165) is 17.6 Å². The molecule has 0 unspecified atom stereocenters. The highest BCUT2D eigenvalue weighted by Crippen LogP contribution is 2.18. The first-order chi connectivity index (χ1) is 6.25. The second-order valence-corrected chi connectivity index (χ2v) is 3.18. The van der Waals surface area contributed by atoms with Gasteiger partial charge in [-0.25, -0.2) is 4.98 Å². The van der Waals surface area contributed by atoms with Gasteiger partial charge in [0.1, 0.15) is 5.82 Å². The molecule has 13 heavy (non-hydrogen) atoms. The maximum atomic E-state index is 5.71. The zero-order chi connectivity index (χ0) is 9.68. The van der Waals surface area contributed by atoms with E-state index in [4.69, 9.17) is 17.3 Å². The zero-order valence-electron chi connectivity index (χ0n) is 7.63. The fourth-order valence-electron chi connectivity index (χ4n) is 1.13. The first kappa shape index (κ1) is 10.1. The number of aromatic nitrogens is 1. The number of hydrogen-bond donors (Lipinski definition) is 1. The Bertz CT molecular complexity index is 308. The maximum Gasteiger partial charge on any atom is 0.130 e. The monoisotopic (exact) mass is 196 g/mol. The third-order valence-electron chi connectivity index (χ3n) is 1.82. The first-order valence-corrected chi connectivity index (χ1v) is 4.72. The number of nitrogens with two attached hydrogens (primary N) is 1. The Balaban J connectivity index is 2.88. The van der Waals surface area contributed by atoms with E-state index >= 15 is 0 Å². The molecule has 2 N–H and O–H groups in total. The van der Waals surface area contributed by atoms with Crippen molar-refractivity contribution in [2.75, 3.05) is 11.6 Å². The second kappa shape index (κ2) is 4.87. The number of rotatable bonds is 3. The summed E-state index contributed by atoms with van der Waals surface area (Å²) in [6, 6.07) is 3.84. The number of anilines is 1. The van der Waals surface area contributed by atoms with E-state index in [2.05, 4.69) is 11.1 Å². The molecule has 0 aliphatic carbocycles. The molecule has 0 amide bonds. The zero-order valence-corrected chi connectivity index (χ0v) is 8.38. The molecule has 0 atom stereocenters. The van der Waals surface area contributed by atoms with E-state index in [1.54, 1.807) is 6.20 Å². The molecule has 0 saturated carbocycles. The van der Waals surface area contributed by atoms with Gasteiger partial charge in [0.2, 0.25) is 0 Å². The van der Waals surface area contributed by atoms with Crippen molar-refractivity contribution in [3.63, 3.8) is 0 Å². The van der Waals surface area contributed by atoms with Crippen LogP contribution in [0.4, 0.5) is 5.82 Å². The predicted octanol–water partition coefficient (Wildman–Crippen LogP) is 2.70. The molecule has 0 spiro atoms. The van der Waals surface area contributed by atoms with Crippen LogP contribution in [0.3, 0.4) is 0 Å². The molecule has 0 radical (unpaired) electrons.